The smallest absolute Gasteiger partial charge is 0.0291 e. The molecular formula is C18H25NS. The van der Waals surface area contributed by atoms with E-state index in [9.17, 15) is 0 Å². The Balaban J connectivity index is 1.87. The number of hydrogen-bond donors (Lipinski definition) is 1. The molecule has 0 spiro atoms. The van der Waals surface area contributed by atoms with Crippen molar-refractivity contribution < 1.29 is 0 Å². The van der Waals surface area contributed by atoms with E-state index in [1.54, 1.807) is 11.3 Å². The van der Waals surface area contributed by atoms with Gasteiger partial charge in [-0.25, -0.2) is 0 Å². The Kier molecular flexibility index (Phi) is 5.00. The van der Waals surface area contributed by atoms with Gasteiger partial charge in [-0.2, -0.15) is 11.3 Å². The molecule has 0 radical (unpaired) electrons. The SMILES string of the molecule is CC(NCCc1ccsc1)c1ccc(C(C)(C)C)cc1. The molecular weight excluding hydrogens is 262 g/mol. The molecule has 2 rings (SSSR count). The van der Waals surface area contributed by atoms with Crippen LogP contribution < -0.4 is 5.32 Å². The summed E-state index contributed by atoms with van der Waals surface area (Å²) in [7, 11) is 0. The van der Waals surface area contributed by atoms with E-state index in [0.29, 0.717) is 6.04 Å². The second-order valence-electron chi connectivity index (χ2n) is 6.43. The molecule has 1 aromatic heterocycles. The van der Waals surface area contributed by atoms with Crippen molar-refractivity contribution in [3.05, 3.63) is 57.8 Å². The van der Waals surface area contributed by atoms with E-state index >= 15 is 0 Å². The third-order valence-electron chi connectivity index (χ3n) is 3.72. The molecule has 0 saturated carbocycles. The van der Waals surface area contributed by atoms with Gasteiger partial charge in [-0.3, -0.25) is 0 Å². The highest BCUT2D eigenvalue weighted by atomic mass is 32.1. The first-order valence-electron chi connectivity index (χ1n) is 7.32. The topological polar surface area (TPSA) is 12.0 Å². The largest absolute Gasteiger partial charge is 0.310 e. The van der Waals surface area contributed by atoms with Crippen molar-refractivity contribution in [2.75, 3.05) is 6.54 Å². The Morgan fingerprint density at radius 1 is 1.10 bits per heavy atom. The zero-order valence-electron chi connectivity index (χ0n) is 12.9. The molecule has 0 amide bonds. The molecule has 0 aliphatic carbocycles. The van der Waals surface area contributed by atoms with Crippen LogP contribution in [0.4, 0.5) is 0 Å². The number of thiophene rings is 1. The Morgan fingerprint density at radius 2 is 1.80 bits per heavy atom. The third-order valence-corrected chi connectivity index (χ3v) is 4.45. The van der Waals surface area contributed by atoms with Crippen molar-refractivity contribution in [2.45, 2.75) is 45.6 Å². The van der Waals surface area contributed by atoms with Crippen molar-refractivity contribution >= 4 is 11.3 Å². The lowest BCUT2D eigenvalue weighted by atomic mass is 9.86. The van der Waals surface area contributed by atoms with E-state index < -0.39 is 0 Å². The summed E-state index contributed by atoms with van der Waals surface area (Å²) in [5, 5.41) is 7.97. The summed E-state index contributed by atoms with van der Waals surface area (Å²) in [6.07, 6.45) is 1.11. The van der Waals surface area contributed by atoms with Crippen LogP contribution in [-0.4, -0.2) is 6.54 Å². The van der Waals surface area contributed by atoms with Crippen LogP contribution in [0.5, 0.6) is 0 Å². The fourth-order valence-electron chi connectivity index (χ4n) is 2.26. The van der Waals surface area contributed by atoms with E-state index in [-0.39, 0.29) is 5.41 Å². The second-order valence-corrected chi connectivity index (χ2v) is 7.21. The Labute approximate surface area is 127 Å². The van der Waals surface area contributed by atoms with Crippen molar-refractivity contribution in [3.8, 4) is 0 Å². The summed E-state index contributed by atoms with van der Waals surface area (Å²) in [5.74, 6) is 0. The minimum Gasteiger partial charge on any atom is -0.310 e. The molecule has 1 nitrogen and oxygen atoms in total. The second kappa shape index (κ2) is 6.55. The number of hydrogen-bond acceptors (Lipinski definition) is 2. The van der Waals surface area contributed by atoms with Crippen molar-refractivity contribution in [2.24, 2.45) is 0 Å². The number of benzene rings is 1. The predicted octanol–water partition coefficient (Wildman–Crippen LogP) is 4.94. The highest BCUT2D eigenvalue weighted by Crippen LogP contribution is 2.23. The average Bonchev–Trinajstić information content (AvgIpc) is 2.91. The van der Waals surface area contributed by atoms with E-state index in [1.807, 2.05) is 0 Å². The summed E-state index contributed by atoms with van der Waals surface area (Å²) in [4.78, 5) is 0. The minimum absolute atomic E-state index is 0.230. The van der Waals surface area contributed by atoms with Gasteiger partial charge in [-0.15, -0.1) is 0 Å². The quantitative estimate of drug-likeness (QED) is 0.821. The van der Waals surface area contributed by atoms with Gasteiger partial charge in [0.15, 0.2) is 0 Å². The Morgan fingerprint density at radius 3 is 2.35 bits per heavy atom. The summed E-state index contributed by atoms with van der Waals surface area (Å²) in [6, 6.07) is 11.6. The lowest BCUT2D eigenvalue weighted by Crippen LogP contribution is -2.21. The van der Waals surface area contributed by atoms with Gasteiger partial charge in [0.1, 0.15) is 0 Å². The lowest BCUT2D eigenvalue weighted by Gasteiger charge is -2.20. The number of nitrogens with one attached hydrogen (secondary N) is 1. The Hall–Kier alpha value is -1.12. The van der Waals surface area contributed by atoms with Crippen LogP contribution in [0.3, 0.4) is 0 Å². The molecule has 0 aliphatic rings. The normalized spacial score (nSPS) is 13.4. The fraction of sp³-hybridized carbons (Fsp3) is 0.444. The molecule has 1 unspecified atom stereocenters. The maximum Gasteiger partial charge on any atom is 0.0291 e. The van der Waals surface area contributed by atoms with Crippen LogP contribution in [0.15, 0.2) is 41.1 Å². The summed E-state index contributed by atoms with van der Waals surface area (Å²) < 4.78 is 0. The number of rotatable bonds is 5. The van der Waals surface area contributed by atoms with Crippen LogP contribution in [0.25, 0.3) is 0 Å². The summed E-state index contributed by atoms with van der Waals surface area (Å²) >= 11 is 1.77. The van der Waals surface area contributed by atoms with Crippen LogP contribution in [0.1, 0.15) is 50.4 Å². The van der Waals surface area contributed by atoms with Crippen molar-refractivity contribution in [3.63, 3.8) is 0 Å². The third kappa shape index (κ3) is 4.19. The maximum absolute atomic E-state index is 3.60. The highest BCUT2D eigenvalue weighted by molar-refractivity contribution is 7.07. The fourth-order valence-corrected chi connectivity index (χ4v) is 2.96. The van der Waals surface area contributed by atoms with Crippen LogP contribution >= 0.6 is 11.3 Å². The van der Waals surface area contributed by atoms with E-state index in [1.165, 1.54) is 16.7 Å². The molecule has 2 heteroatoms. The molecule has 108 valence electrons. The van der Waals surface area contributed by atoms with E-state index in [4.69, 9.17) is 0 Å². The van der Waals surface area contributed by atoms with Crippen LogP contribution in [0, 0.1) is 0 Å². The minimum atomic E-state index is 0.230. The van der Waals surface area contributed by atoms with Crippen molar-refractivity contribution in [1.29, 1.82) is 0 Å². The van der Waals surface area contributed by atoms with Gasteiger partial charge in [0.05, 0.1) is 0 Å². The lowest BCUT2D eigenvalue weighted by molar-refractivity contribution is 0.571. The predicted molar refractivity (Wildman–Crippen MR) is 89.6 cm³/mol. The standard InChI is InChI=1S/C18H25NS/c1-14(19-11-9-15-10-12-20-13-15)16-5-7-17(8-6-16)18(2,3)4/h5-8,10,12-14,19H,9,11H2,1-4H3. The molecule has 0 aliphatic heterocycles. The maximum atomic E-state index is 3.60. The summed E-state index contributed by atoms with van der Waals surface area (Å²) in [6.45, 7) is 10.0. The molecule has 20 heavy (non-hydrogen) atoms. The van der Waals surface area contributed by atoms with Gasteiger partial charge in [-0.1, -0.05) is 45.0 Å². The van der Waals surface area contributed by atoms with E-state index in [0.717, 1.165) is 13.0 Å². The van der Waals surface area contributed by atoms with Crippen LogP contribution in [0.2, 0.25) is 0 Å². The first-order valence-corrected chi connectivity index (χ1v) is 8.26. The van der Waals surface area contributed by atoms with Gasteiger partial charge >= 0.3 is 0 Å². The molecule has 1 aromatic carbocycles. The Bertz CT molecular complexity index is 505. The molecule has 0 bridgehead atoms. The average molecular weight is 287 g/mol. The van der Waals surface area contributed by atoms with Crippen LogP contribution in [-0.2, 0) is 11.8 Å². The van der Waals surface area contributed by atoms with Gasteiger partial charge < -0.3 is 5.32 Å². The van der Waals surface area contributed by atoms with Crippen molar-refractivity contribution in [1.82, 2.24) is 5.32 Å². The van der Waals surface area contributed by atoms with Gasteiger partial charge in [0.25, 0.3) is 0 Å². The van der Waals surface area contributed by atoms with Gasteiger partial charge in [0.2, 0.25) is 0 Å². The highest BCUT2D eigenvalue weighted by Gasteiger charge is 2.13. The molecule has 1 heterocycles. The zero-order valence-corrected chi connectivity index (χ0v) is 13.8. The molecule has 0 fully saturated rings. The van der Waals surface area contributed by atoms with Gasteiger partial charge in [-0.05, 0) is 58.8 Å². The molecule has 1 N–H and O–H groups in total. The van der Waals surface area contributed by atoms with Gasteiger partial charge in [0, 0.05) is 6.04 Å². The molecule has 2 aromatic rings. The summed E-state index contributed by atoms with van der Waals surface area (Å²) in [5.41, 5.74) is 4.42. The first-order chi connectivity index (χ1) is 9.47. The molecule has 0 saturated heterocycles. The zero-order chi connectivity index (χ0) is 14.6. The molecule has 1 atom stereocenters. The monoisotopic (exact) mass is 287 g/mol. The van der Waals surface area contributed by atoms with E-state index in [2.05, 4.69) is 74.1 Å². The first kappa shape index (κ1) is 15.3.